The molecule has 0 saturated heterocycles. The van der Waals surface area contributed by atoms with E-state index in [4.69, 9.17) is 9.94 Å². The third-order valence-corrected chi connectivity index (χ3v) is 4.53. The van der Waals surface area contributed by atoms with Gasteiger partial charge in [-0.05, 0) is 74.4 Å². The van der Waals surface area contributed by atoms with Crippen molar-refractivity contribution >= 4 is 5.91 Å². The molecule has 0 saturated carbocycles. The van der Waals surface area contributed by atoms with E-state index in [9.17, 15) is 4.79 Å². The van der Waals surface area contributed by atoms with Gasteiger partial charge in [-0.2, -0.15) is 0 Å². The highest BCUT2D eigenvalue weighted by atomic mass is 16.5. The molecule has 132 valence electrons. The van der Waals surface area contributed by atoms with E-state index in [1.54, 1.807) is 5.48 Å². The zero-order valence-electron chi connectivity index (χ0n) is 15.0. The molecule has 1 aliphatic rings. The van der Waals surface area contributed by atoms with Crippen LogP contribution in [0.15, 0.2) is 42.5 Å². The van der Waals surface area contributed by atoms with Gasteiger partial charge in [-0.1, -0.05) is 30.3 Å². The normalized spacial score (nSPS) is 16.9. The van der Waals surface area contributed by atoms with Gasteiger partial charge >= 0.3 is 0 Å². The van der Waals surface area contributed by atoms with Crippen LogP contribution in [0.1, 0.15) is 38.3 Å². The molecule has 1 atom stereocenters. The summed E-state index contributed by atoms with van der Waals surface area (Å²) in [5.41, 5.74) is 6.30. The Morgan fingerprint density at radius 2 is 1.76 bits per heavy atom. The number of aryl methyl sites for hydroxylation is 1. The lowest BCUT2D eigenvalue weighted by Gasteiger charge is -2.24. The molecule has 25 heavy (non-hydrogen) atoms. The molecule has 2 N–H and O–H groups in total. The first kappa shape index (κ1) is 17.5. The fraction of sp³-hybridized carbons (Fsp3) is 0.381. The van der Waals surface area contributed by atoms with Gasteiger partial charge < -0.3 is 4.74 Å². The Morgan fingerprint density at radius 3 is 2.40 bits per heavy atom. The molecule has 0 fully saturated rings. The molecule has 0 bridgehead atoms. The minimum Gasteiger partial charge on any atom is -0.488 e. The van der Waals surface area contributed by atoms with Crippen LogP contribution < -0.4 is 10.2 Å². The minimum atomic E-state index is -0.292. The van der Waals surface area contributed by atoms with Gasteiger partial charge in [0.2, 0.25) is 5.91 Å². The Balaban J connectivity index is 1.81. The molecule has 2 aromatic rings. The Morgan fingerprint density at radius 1 is 1.08 bits per heavy atom. The van der Waals surface area contributed by atoms with E-state index in [0.717, 1.165) is 29.7 Å². The smallest absolute Gasteiger partial charge is 0.246 e. The molecule has 2 aromatic carbocycles. The van der Waals surface area contributed by atoms with E-state index >= 15 is 0 Å². The highest BCUT2D eigenvalue weighted by Gasteiger charge is 2.24. The molecule has 0 radical (unpaired) electrons. The molecule has 0 aromatic heterocycles. The lowest BCUT2D eigenvalue weighted by molar-refractivity contribution is -0.133. The van der Waals surface area contributed by atoms with Crippen LogP contribution in [-0.2, 0) is 17.6 Å². The molecule has 0 heterocycles. The van der Waals surface area contributed by atoms with Crippen LogP contribution in [0.5, 0.6) is 5.75 Å². The number of hydrogen-bond acceptors (Lipinski definition) is 3. The molecular weight excluding hydrogens is 314 g/mol. The number of rotatable bonds is 3. The average Bonchev–Trinajstić information content (AvgIpc) is 2.59. The SMILES string of the molecule is CC(C)(C)Oc1ccc(-c2ccc3c(c2)CC(C(=O)NO)CC3)cc1. The Bertz CT molecular complexity index is 760. The number of fused-ring (bicyclic) bond motifs is 1. The number of hydrogen-bond donors (Lipinski definition) is 2. The minimum absolute atomic E-state index is 0.157. The number of benzene rings is 2. The predicted molar refractivity (Wildman–Crippen MR) is 97.7 cm³/mol. The number of hydroxylamine groups is 1. The van der Waals surface area contributed by atoms with Crippen molar-refractivity contribution in [2.24, 2.45) is 5.92 Å². The second kappa shape index (κ2) is 6.89. The first-order chi connectivity index (χ1) is 11.9. The van der Waals surface area contributed by atoms with Crippen molar-refractivity contribution < 1.29 is 14.7 Å². The first-order valence-electron chi connectivity index (χ1n) is 8.71. The van der Waals surface area contributed by atoms with Gasteiger partial charge in [0, 0.05) is 5.92 Å². The summed E-state index contributed by atoms with van der Waals surface area (Å²) in [7, 11) is 0. The average molecular weight is 339 g/mol. The number of amides is 1. The zero-order valence-corrected chi connectivity index (χ0v) is 15.0. The first-order valence-corrected chi connectivity index (χ1v) is 8.71. The molecule has 1 unspecified atom stereocenters. The molecule has 0 aliphatic heterocycles. The van der Waals surface area contributed by atoms with Crippen LogP contribution in [0.25, 0.3) is 11.1 Å². The fourth-order valence-corrected chi connectivity index (χ4v) is 3.32. The van der Waals surface area contributed by atoms with E-state index in [1.807, 2.05) is 32.9 Å². The molecule has 1 amide bonds. The third kappa shape index (κ3) is 4.20. The van der Waals surface area contributed by atoms with Crippen molar-refractivity contribution in [2.75, 3.05) is 0 Å². The summed E-state index contributed by atoms with van der Waals surface area (Å²) < 4.78 is 5.87. The highest BCUT2D eigenvalue weighted by Crippen LogP contribution is 2.31. The summed E-state index contributed by atoms with van der Waals surface area (Å²) in [6.45, 7) is 6.09. The van der Waals surface area contributed by atoms with Crippen molar-refractivity contribution in [3.05, 3.63) is 53.6 Å². The lowest BCUT2D eigenvalue weighted by Crippen LogP contribution is -2.31. The zero-order chi connectivity index (χ0) is 18.0. The molecule has 4 nitrogen and oxygen atoms in total. The number of carbonyl (C=O) groups excluding carboxylic acids is 1. The summed E-state index contributed by atoms with van der Waals surface area (Å²) in [6.07, 6.45) is 2.31. The van der Waals surface area contributed by atoms with Crippen molar-refractivity contribution in [3.8, 4) is 16.9 Å². The van der Waals surface area contributed by atoms with Crippen molar-refractivity contribution in [2.45, 2.75) is 45.6 Å². The van der Waals surface area contributed by atoms with Crippen LogP contribution in [0.3, 0.4) is 0 Å². The Labute approximate surface area is 148 Å². The van der Waals surface area contributed by atoms with Gasteiger partial charge in [0.05, 0.1) is 0 Å². The van der Waals surface area contributed by atoms with Crippen molar-refractivity contribution in [1.29, 1.82) is 0 Å². The number of nitrogens with one attached hydrogen (secondary N) is 1. The molecule has 4 heteroatoms. The lowest BCUT2D eigenvalue weighted by atomic mass is 9.82. The second-order valence-corrected chi connectivity index (χ2v) is 7.64. The van der Waals surface area contributed by atoms with E-state index in [2.05, 4.69) is 30.3 Å². The Hall–Kier alpha value is -2.33. The van der Waals surface area contributed by atoms with Crippen molar-refractivity contribution in [3.63, 3.8) is 0 Å². The molecule has 1 aliphatic carbocycles. The van der Waals surface area contributed by atoms with Crippen LogP contribution >= 0.6 is 0 Å². The van der Waals surface area contributed by atoms with Gasteiger partial charge in [0.1, 0.15) is 11.4 Å². The molecule has 0 spiro atoms. The second-order valence-electron chi connectivity index (χ2n) is 7.64. The quantitative estimate of drug-likeness (QED) is 0.653. The standard InChI is InChI=1S/C21H25NO3/c1-21(2,3)25-19-10-8-14(9-11-19)16-6-4-15-5-7-17(20(23)22-24)13-18(15)12-16/h4,6,8-12,17,24H,5,7,13H2,1-3H3,(H,22,23). The maximum Gasteiger partial charge on any atom is 0.246 e. The summed E-state index contributed by atoms with van der Waals surface area (Å²) >= 11 is 0. The van der Waals surface area contributed by atoms with Gasteiger partial charge in [-0.15, -0.1) is 0 Å². The summed E-state index contributed by atoms with van der Waals surface area (Å²) in [6, 6.07) is 14.5. The largest absolute Gasteiger partial charge is 0.488 e. The van der Waals surface area contributed by atoms with E-state index < -0.39 is 0 Å². The predicted octanol–water partition coefficient (Wildman–Crippen LogP) is 4.14. The maximum absolute atomic E-state index is 11.7. The van der Waals surface area contributed by atoms with Gasteiger partial charge in [-0.3, -0.25) is 10.0 Å². The third-order valence-electron chi connectivity index (χ3n) is 4.53. The maximum atomic E-state index is 11.7. The van der Waals surface area contributed by atoms with E-state index in [1.165, 1.54) is 11.1 Å². The van der Waals surface area contributed by atoms with Gasteiger partial charge in [0.25, 0.3) is 0 Å². The molecule has 3 rings (SSSR count). The fourth-order valence-electron chi connectivity index (χ4n) is 3.32. The van der Waals surface area contributed by atoms with Crippen LogP contribution in [-0.4, -0.2) is 16.7 Å². The summed E-state index contributed by atoms with van der Waals surface area (Å²) in [5, 5.41) is 8.86. The van der Waals surface area contributed by atoms with Gasteiger partial charge in [0.15, 0.2) is 0 Å². The molecular formula is C21H25NO3. The number of ether oxygens (including phenoxy) is 1. The van der Waals surface area contributed by atoms with Crippen LogP contribution in [0.4, 0.5) is 0 Å². The van der Waals surface area contributed by atoms with E-state index in [0.29, 0.717) is 6.42 Å². The Kier molecular flexibility index (Phi) is 4.82. The number of carbonyl (C=O) groups is 1. The topological polar surface area (TPSA) is 58.6 Å². The monoisotopic (exact) mass is 339 g/mol. The summed E-state index contributed by atoms with van der Waals surface area (Å²) in [5.74, 6) is 0.406. The van der Waals surface area contributed by atoms with Gasteiger partial charge in [-0.25, -0.2) is 5.48 Å². The van der Waals surface area contributed by atoms with Crippen LogP contribution in [0, 0.1) is 5.92 Å². The van der Waals surface area contributed by atoms with Crippen molar-refractivity contribution in [1.82, 2.24) is 5.48 Å². The highest BCUT2D eigenvalue weighted by molar-refractivity contribution is 5.78. The van der Waals surface area contributed by atoms with E-state index in [-0.39, 0.29) is 17.4 Å². The van der Waals surface area contributed by atoms with Crippen LogP contribution in [0.2, 0.25) is 0 Å². The summed E-state index contributed by atoms with van der Waals surface area (Å²) in [4.78, 5) is 11.7.